The van der Waals surface area contributed by atoms with Crippen molar-refractivity contribution in [2.75, 3.05) is 0 Å². The Labute approximate surface area is 75.0 Å². The highest BCUT2D eigenvalue weighted by Crippen LogP contribution is 2.22. The van der Waals surface area contributed by atoms with Crippen molar-refractivity contribution >= 4 is 5.78 Å². The van der Waals surface area contributed by atoms with Gasteiger partial charge in [-0.25, -0.2) is 0 Å². The highest BCUT2D eigenvalue weighted by atomic mass is 16.3. The topological polar surface area (TPSA) is 37.3 Å². The van der Waals surface area contributed by atoms with Gasteiger partial charge in [-0.3, -0.25) is 4.79 Å². The molecule has 0 aromatic carbocycles. The fourth-order valence-corrected chi connectivity index (χ4v) is 1.21. The van der Waals surface area contributed by atoms with E-state index in [2.05, 4.69) is 0 Å². The normalized spacial score (nSPS) is 17.2. The van der Waals surface area contributed by atoms with Gasteiger partial charge in [0, 0.05) is 11.3 Å². The molecular formula is C10H20O2. The molecule has 0 bridgehead atoms. The molecular weight excluding hydrogens is 152 g/mol. The smallest absolute Gasteiger partial charge is 0.143 e. The lowest BCUT2D eigenvalue weighted by Gasteiger charge is -2.24. The lowest BCUT2D eigenvalue weighted by atomic mass is 9.81. The van der Waals surface area contributed by atoms with Crippen molar-refractivity contribution in [1.82, 2.24) is 0 Å². The van der Waals surface area contributed by atoms with Crippen molar-refractivity contribution in [3.8, 4) is 0 Å². The molecule has 2 nitrogen and oxygen atoms in total. The van der Waals surface area contributed by atoms with Crippen LogP contribution in [0.1, 0.15) is 41.0 Å². The van der Waals surface area contributed by atoms with Crippen LogP contribution in [0.2, 0.25) is 0 Å². The Morgan fingerprint density at radius 3 is 2.08 bits per heavy atom. The minimum atomic E-state index is -0.489. The van der Waals surface area contributed by atoms with Crippen molar-refractivity contribution in [2.24, 2.45) is 11.3 Å². The number of carbonyl (C=O) groups is 1. The summed E-state index contributed by atoms with van der Waals surface area (Å²) in [5, 5.41) is 9.44. The van der Waals surface area contributed by atoms with E-state index in [0.717, 1.165) is 0 Å². The first-order chi connectivity index (χ1) is 5.30. The van der Waals surface area contributed by atoms with E-state index in [1.165, 1.54) is 0 Å². The second-order valence-electron chi connectivity index (χ2n) is 4.38. The molecule has 0 spiro atoms. The average molecular weight is 172 g/mol. The zero-order valence-electron chi connectivity index (χ0n) is 8.72. The second kappa shape index (κ2) is 4.04. The third-order valence-corrected chi connectivity index (χ3v) is 2.15. The van der Waals surface area contributed by atoms with E-state index in [4.69, 9.17) is 0 Å². The Hall–Kier alpha value is -0.370. The van der Waals surface area contributed by atoms with E-state index >= 15 is 0 Å². The highest BCUT2D eigenvalue weighted by molar-refractivity contribution is 5.86. The summed E-state index contributed by atoms with van der Waals surface area (Å²) in [5.74, 6) is -0.105. The summed E-state index contributed by atoms with van der Waals surface area (Å²) in [4.78, 5) is 11.6. The van der Waals surface area contributed by atoms with Crippen molar-refractivity contribution in [1.29, 1.82) is 0 Å². The van der Waals surface area contributed by atoms with Crippen LogP contribution in [0, 0.1) is 11.3 Å². The molecule has 12 heavy (non-hydrogen) atoms. The number of hydrogen-bond donors (Lipinski definition) is 1. The second-order valence-corrected chi connectivity index (χ2v) is 4.38. The maximum absolute atomic E-state index is 11.6. The van der Waals surface area contributed by atoms with Crippen LogP contribution in [0.3, 0.4) is 0 Å². The molecule has 1 N–H and O–H groups in total. The Balaban J connectivity index is 4.30. The van der Waals surface area contributed by atoms with Gasteiger partial charge in [-0.05, 0) is 6.42 Å². The molecule has 0 aromatic rings. The van der Waals surface area contributed by atoms with Gasteiger partial charge in [0.1, 0.15) is 5.78 Å². The van der Waals surface area contributed by atoms with Crippen molar-refractivity contribution in [3.05, 3.63) is 0 Å². The number of aliphatic hydroxyl groups excluding tert-OH is 1. The van der Waals surface area contributed by atoms with Gasteiger partial charge in [0.15, 0.2) is 0 Å². The van der Waals surface area contributed by atoms with Crippen LogP contribution in [0.15, 0.2) is 0 Å². The van der Waals surface area contributed by atoms with Crippen molar-refractivity contribution < 1.29 is 9.90 Å². The molecule has 2 heteroatoms. The number of Topliss-reactive ketones (excluding diaryl/α,β-unsaturated/α-hetero) is 1. The summed E-state index contributed by atoms with van der Waals surface area (Å²) in [7, 11) is 0. The molecule has 0 fully saturated rings. The maximum Gasteiger partial charge on any atom is 0.143 e. The van der Waals surface area contributed by atoms with E-state index in [1.54, 1.807) is 6.92 Å². The predicted molar refractivity (Wildman–Crippen MR) is 49.9 cm³/mol. The Bertz CT molecular complexity index is 156. The molecule has 0 heterocycles. The molecule has 0 saturated carbocycles. The predicted octanol–water partition coefficient (Wildman–Crippen LogP) is 2.01. The van der Waals surface area contributed by atoms with Crippen molar-refractivity contribution in [2.45, 2.75) is 47.1 Å². The molecule has 0 aliphatic rings. The van der Waals surface area contributed by atoms with Gasteiger partial charge in [0.2, 0.25) is 0 Å². The van der Waals surface area contributed by atoms with E-state index in [-0.39, 0.29) is 17.1 Å². The van der Waals surface area contributed by atoms with Gasteiger partial charge >= 0.3 is 0 Å². The molecule has 0 aliphatic carbocycles. The van der Waals surface area contributed by atoms with Crippen LogP contribution in [0.4, 0.5) is 0 Å². The number of hydrogen-bond acceptors (Lipinski definition) is 2. The van der Waals surface area contributed by atoms with Crippen LogP contribution in [0.25, 0.3) is 0 Å². The number of carbonyl (C=O) groups excluding carboxylic acids is 1. The van der Waals surface area contributed by atoms with E-state index in [0.29, 0.717) is 6.42 Å². The molecule has 0 aromatic heterocycles. The van der Waals surface area contributed by atoms with Gasteiger partial charge in [0.05, 0.1) is 6.10 Å². The largest absolute Gasteiger partial charge is 0.392 e. The van der Waals surface area contributed by atoms with Gasteiger partial charge in [0.25, 0.3) is 0 Å². The zero-order valence-corrected chi connectivity index (χ0v) is 8.72. The molecule has 2 atom stereocenters. The summed E-state index contributed by atoms with van der Waals surface area (Å²) in [6.07, 6.45) is 0.153. The molecule has 0 rings (SSSR count). The van der Waals surface area contributed by atoms with Crippen LogP contribution < -0.4 is 0 Å². The Kier molecular flexibility index (Phi) is 3.91. The summed E-state index contributed by atoms with van der Waals surface area (Å²) < 4.78 is 0. The third kappa shape index (κ3) is 2.94. The number of rotatable bonds is 3. The molecule has 0 aliphatic heterocycles. The minimum absolute atomic E-state index is 0.136. The first-order valence-corrected chi connectivity index (χ1v) is 4.53. The fourth-order valence-electron chi connectivity index (χ4n) is 1.21. The summed E-state index contributed by atoms with van der Waals surface area (Å²) in [6, 6.07) is 0. The van der Waals surface area contributed by atoms with Crippen LogP contribution >= 0.6 is 0 Å². The van der Waals surface area contributed by atoms with E-state index < -0.39 is 6.10 Å². The van der Waals surface area contributed by atoms with Crippen molar-refractivity contribution in [3.63, 3.8) is 0 Å². The van der Waals surface area contributed by atoms with Gasteiger partial charge in [-0.1, -0.05) is 34.6 Å². The zero-order chi connectivity index (χ0) is 9.94. The summed E-state index contributed by atoms with van der Waals surface area (Å²) in [6.45, 7) is 9.33. The first kappa shape index (κ1) is 11.6. The van der Waals surface area contributed by atoms with Gasteiger partial charge in [-0.15, -0.1) is 0 Å². The lowest BCUT2D eigenvalue weighted by Crippen LogP contribution is -2.33. The molecule has 0 radical (unpaired) electrons. The monoisotopic (exact) mass is 172 g/mol. The Morgan fingerprint density at radius 1 is 1.42 bits per heavy atom. The summed E-state index contributed by atoms with van der Waals surface area (Å²) >= 11 is 0. The summed E-state index contributed by atoms with van der Waals surface area (Å²) in [5.41, 5.74) is -0.338. The molecule has 0 saturated heterocycles. The minimum Gasteiger partial charge on any atom is -0.392 e. The van der Waals surface area contributed by atoms with Gasteiger partial charge in [-0.2, -0.15) is 0 Å². The quantitative estimate of drug-likeness (QED) is 0.707. The van der Waals surface area contributed by atoms with Crippen LogP contribution in [0.5, 0.6) is 0 Å². The fraction of sp³-hybridized carbons (Fsp3) is 0.900. The van der Waals surface area contributed by atoms with E-state index in [1.807, 2.05) is 27.7 Å². The Morgan fingerprint density at radius 2 is 1.83 bits per heavy atom. The van der Waals surface area contributed by atoms with Crippen LogP contribution in [-0.4, -0.2) is 17.0 Å². The number of aliphatic hydroxyl groups is 1. The average Bonchev–Trinajstić information content (AvgIpc) is 1.98. The third-order valence-electron chi connectivity index (χ3n) is 2.15. The van der Waals surface area contributed by atoms with Gasteiger partial charge < -0.3 is 5.11 Å². The van der Waals surface area contributed by atoms with Crippen LogP contribution in [-0.2, 0) is 4.79 Å². The molecule has 0 amide bonds. The molecule has 0 unspecified atom stereocenters. The number of ketones is 1. The first-order valence-electron chi connectivity index (χ1n) is 4.53. The molecule has 72 valence electrons. The lowest BCUT2D eigenvalue weighted by molar-refractivity contribution is -0.133. The van der Waals surface area contributed by atoms with E-state index in [9.17, 15) is 9.90 Å². The highest BCUT2D eigenvalue weighted by Gasteiger charge is 2.29. The SMILES string of the molecule is CC[C@@H](O)[C@@H](C)C(=O)C(C)(C)C. The standard InChI is InChI=1S/C10H20O2/c1-6-8(11)7(2)9(12)10(3,4)5/h7-8,11H,6H2,1-5H3/t7-,8-/m1/s1. The maximum atomic E-state index is 11.6.